The van der Waals surface area contributed by atoms with E-state index in [1.807, 2.05) is 12.3 Å². The fraction of sp³-hybridized carbons (Fsp3) is 0.0769. The summed E-state index contributed by atoms with van der Waals surface area (Å²) in [6.07, 6.45) is 1.85. The maximum atomic E-state index is 12.3. The monoisotopic (exact) mass is 324 g/mol. The van der Waals surface area contributed by atoms with Gasteiger partial charge >= 0.3 is 0 Å². The van der Waals surface area contributed by atoms with Gasteiger partial charge in [0.2, 0.25) is 0 Å². The molecule has 0 aliphatic heterocycles. The van der Waals surface area contributed by atoms with Crippen LogP contribution >= 0.6 is 11.8 Å². The molecule has 2 aromatic carbocycles. The van der Waals surface area contributed by atoms with Gasteiger partial charge in [-0.25, -0.2) is 8.42 Å². The van der Waals surface area contributed by atoms with E-state index in [-0.39, 0.29) is 10.6 Å². The maximum Gasteiger partial charge on any atom is 0.269 e. The highest BCUT2D eigenvalue weighted by molar-refractivity contribution is 7.99. The van der Waals surface area contributed by atoms with E-state index in [0.717, 1.165) is 17.0 Å². The standard InChI is InChI=1S/C13H12N2O4S2/c1-20-13-5-3-2-4-12(13)14-21(18,19)11-8-6-10(7-9-11)15(16)17/h2-9,14H,1H3. The van der Waals surface area contributed by atoms with E-state index in [2.05, 4.69) is 4.72 Å². The second kappa shape index (κ2) is 6.15. The fourth-order valence-corrected chi connectivity index (χ4v) is 3.38. The third kappa shape index (κ3) is 3.53. The van der Waals surface area contributed by atoms with Crippen molar-refractivity contribution in [3.8, 4) is 0 Å². The van der Waals surface area contributed by atoms with Crippen LogP contribution in [-0.4, -0.2) is 19.6 Å². The summed E-state index contributed by atoms with van der Waals surface area (Å²) in [7, 11) is -3.77. The van der Waals surface area contributed by atoms with Crippen molar-refractivity contribution in [1.29, 1.82) is 0 Å². The Labute approximate surface area is 126 Å². The molecule has 1 N–H and O–H groups in total. The van der Waals surface area contributed by atoms with Gasteiger partial charge in [-0.2, -0.15) is 0 Å². The first-order chi connectivity index (χ1) is 9.94. The number of anilines is 1. The van der Waals surface area contributed by atoms with Gasteiger partial charge in [-0.1, -0.05) is 12.1 Å². The normalized spacial score (nSPS) is 11.1. The zero-order valence-corrected chi connectivity index (χ0v) is 12.6. The van der Waals surface area contributed by atoms with E-state index in [9.17, 15) is 18.5 Å². The molecule has 21 heavy (non-hydrogen) atoms. The van der Waals surface area contributed by atoms with Crippen LogP contribution in [0.5, 0.6) is 0 Å². The average Bonchev–Trinajstić information content (AvgIpc) is 2.47. The summed E-state index contributed by atoms with van der Waals surface area (Å²) in [6.45, 7) is 0. The summed E-state index contributed by atoms with van der Waals surface area (Å²) >= 11 is 1.42. The van der Waals surface area contributed by atoms with Gasteiger partial charge in [0.1, 0.15) is 0 Å². The van der Waals surface area contributed by atoms with Crippen molar-refractivity contribution < 1.29 is 13.3 Å². The van der Waals surface area contributed by atoms with Gasteiger partial charge in [0.15, 0.2) is 0 Å². The van der Waals surface area contributed by atoms with Crippen molar-refractivity contribution in [1.82, 2.24) is 0 Å². The Kier molecular flexibility index (Phi) is 4.49. The van der Waals surface area contributed by atoms with Crippen LogP contribution in [-0.2, 0) is 10.0 Å². The van der Waals surface area contributed by atoms with E-state index >= 15 is 0 Å². The molecular formula is C13H12N2O4S2. The average molecular weight is 324 g/mol. The largest absolute Gasteiger partial charge is 0.278 e. The zero-order valence-electron chi connectivity index (χ0n) is 11.0. The lowest BCUT2D eigenvalue weighted by molar-refractivity contribution is -0.384. The van der Waals surface area contributed by atoms with E-state index in [1.165, 1.54) is 23.9 Å². The van der Waals surface area contributed by atoms with Crippen molar-refractivity contribution in [2.75, 3.05) is 11.0 Å². The minimum Gasteiger partial charge on any atom is -0.278 e. The lowest BCUT2D eigenvalue weighted by Crippen LogP contribution is -2.13. The van der Waals surface area contributed by atoms with Crippen LogP contribution in [0.25, 0.3) is 0 Å². The number of nitrogens with one attached hydrogen (secondary N) is 1. The SMILES string of the molecule is CSc1ccccc1NS(=O)(=O)c1ccc([N+](=O)[O-])cc1. The topological polar surface area (TPSA) is 89.3 Å². The summed E-state index contributed by atoms with van der Waals surface area (Å²) in [5.74, 6) is 0. The molecule has 0 aliphatic carbocycles. The van der Waals surface area contributed by atoms with Gasteiger partial charge in [-0.05, 0) is 30.5 Å². The van der Waals surface area contributed by atoms with Crippen LogP contribution in [0.4, 0.5) is 11.4 Å². The molecule has 2 aromatic rings. The lowest BCUT2D eigenvalue weighted by Gasteiger charge is -2.11. The predicted octanol–water partition coefficient (Wildman–Crippen LogP) is 3.12. The molecule has 0 fully saturated rings. The lowest BCUT2D eigenvalue weighted by atomic mass is 10.3. The van der Waals surface area contributed by atoms with Gasteiger partial charge < -0.3 is 0 Å². The highest BCUT2D eigenvalue weighted by Gasteiger charge is 2.17. The van der Waals surface area contributed by atoms with Crippen LogP contribution in [0, 0.1) is 10.1 Å². The first kappa shape index (κ1) is 15.3. The number of benzene rings is 2. The van der Waals surface area contributed by atoms with E-state index in [0.29, 0.717) is 5.69 Å². The summed E-state index contributed by atoms with van der Waals surface area (Å²) in [5.41, 5.74) is 0.321. The number of nitrogens with zero attached hydrogens (tertiary/aromatic N) is 1. The zero-order chi connectivity index (χ0) is 15.5. The number of nitro benzene ring substituents is 1. The first-order valence-electron chi connectivity index (χ1n) is 5.84. The third-order valence-electron chi connectivity index (χ3n) is 2.71. The number of hydrogen-bond acceptors (Lipinski definition) is 5. The van der Waals surface area contributed by atoms with Crippen molar-refractivity contribution in [3.05, 3.63) is 58.6 Å². The molecule has 0 saturated carbocycles. The number of para-hydroxylation sites is 1. The molecule has 0 aromatic heterocycles. The molecule has 6 nitrogen and oxygen atoms in total. The molecule has 0 spiro atoms. The number of sulfonamides is 1. The minimum absolute atomic E-state index is 0.0241. The predicted molar refractivity (Wildman–Crippen MR) is 82.1 cm³/mol. The fourth-order valence-electron chi connectivity index (χ4n) is 1.68. The summed E-state index contributed by atoms with van der Waals surface area (Å²) in [5, 5.41) is 10.6. The molecule has 0 radical (unpaired) electrons. The number of nitro groups is 1. The molecule has 0 amide bonds. The molecule has 0 bridgehead atoms. The summed E-state index contributed by atoms with van der Waals surface area (Å²) in [6, 6.07) is 11.8. The van der Waals surface area contributed by atoms with Crippen molar-refractivity contribution >= 4 is 33.2 Å². The number of non-ortho nitro benzene ring substituents is 1. The van der Waals surface area contributed by atoms with Gasteiger partial charge in [0, 0.05) is 17.0 Å². The Morgan fingerprint density at radius 2 is 1.71 bits per heavy atom. The van der Waals surface area contributed by atoms with Crippen LogP contribution in [0.3, 0.4) is 0 Å². The maximum absolute atomic E-state index is 12.3. The molecule has 8 heteroatoms. The summed E-state index contributed by atoms with van der Waals surface area (Å²) in [4.78, 5) is 10.8. The number of hydrogen-bond donors (Lipinski definition) is 1. The molecule has 0 atom stereocenters. The van der Waals surface area contributed by atoms with Gasteiger partial charge in [-0.15, -0.1) is 11.8 Å². The second-order valence-electron chi connectivity index (χ2n) is 4.06. The Morgan fingerprint density at radius 3 is 2.29 bits per heavy atom. The minimum atomic E-state index is -3.77. The van der Waals surface area contributed by atoms with Crippen LogP contribution in [0.1, 0.15) is 0 Å². The molecule has 0 aliphatic rings. The molecule has 0 saturated heterocycles. The highest BCUT2D eigenvalue weighted by Crippen LogP contribution is 2.27. The van der Waals surface area contributed by atoms with Crippen molar-refractivity contribution in [2.45, 2.75) is 9.79 Å². The summed E-state index contributed by atoms with van der Waals surface area (Å²) < 4.78 is 27.0. The third-order valence-corrected chi connectivity index (χ3v) is 4.89. The van der Waals surface area contributed by atoms with E-state index < -0.39 is 14.9 Å². The number of rotatable bonds is 5. The molecule has 110 valence electrons. The molecule has 0 unspecified atom stereocenters. The van der Waals surface area contributed by atoms with Crippen LogP contribution in [0.15, 0.2) is 58.3 Å². The van der Waals surface area contributed by atoms with E-state index in [4.69, 9.17) is 0 Å². The highest BCUT2D eigenvalue weighted by atomic mass is 32.2. The Balaban J connectivity index is 2.32. The smallest absolute Gasteiger partial charge is 0.269 e. The first-order valence-corrected chi connectivity index (χ1v) is 8.55. The Bertz CT molecular complexity index is 758. The van der Waals surface area contributed by atoms with Gasteiger partial charge in [0.25, 0.3) is 15.7 Å². The van der Waals surface area contributed by atoms with Gasteiger partial charge in [-0.3, -0.25) is 14.8 Å². The molecule has 0 heterocycles. The van der Waals surface area contributed by atoms with E-state index in [1.54, 1.807) is 18.2 Å². The van der Waals surface area contributed by atoms with Crippen LogP contribution < -0.4 is 4.72 Å². The second-order valence-corrected chi connectivity index (χ2v) is 6.59. The quantitative estimate of drug-likeness (QED) is 0.518. The molecular weight excluding hydrogens is 312 g/mol. The van der Waals surface area contributed by atoms with Crippen molar-refractivity contribution in [3.63, 3.8) is 0 Å². The Morgan fingerprint density at radius 1 is 1.10 bits per heavy atom. The number of thioether (sulfide) groups is 1. The van der Waals surface area contributed by atoms with Crippen LogP contribution in [0.2, 0.25) is 0 Å². The molecule has 2 rings (SSSR count). The Hall–Kier alpha value is -2.06. The van der Waals surface area contributed by atoms with Gasteiger partial charge in [0.05, 0.1) is 15.5 Å². The van der Waals surface area contributed by atoms with Crippen molar-refractivity contribution in [2.24, 2.45) is 0 Å².